The van der Waals surface area contributed by atoms with E-state index in [1.54, 1.807) is 27.1 Å². The number of rotatable bonds is 5. The fraction of sp³-hybridized carbons (Fsp3) is 0.545. The first kappa shape index (κ1) is 14.4. The summed E-state index contributed by atoms with van der Waals surface area (Å²) in [5, 5.41) is 14.1. The number of hydrogen-bond acceptors (Lipinski definition) is 4. The van der Waals surface area contributed by atoms with Crippen molar-refractivity contribution in [2.45, 2.75) is 26.4 Å². The summed E-state index contributed by atoms with van der Waals surface area (Å²) in [6, 6.07) is -1.29. The van der Waals surface area contributed by atoms with Crippen LogP contribution in [0.1, 0.15) is 18.9 Å². The van der Waals surface area contributed by atoms with Crippen LogP contribution in [0.3, 0.4) is 0 Å². The first-order valence-electron chi connectivity index (χ1n) is 5.54. The van der Waals surface area contributed by atoms with E-state index >= 15 is 0 Å². The smallest absolute Gasteiger partial charge is 0.326 e. The number of urea groups is 1. The third kappa shape index (κ3) is 3.99. The molecule has 2 N–H and O–H groups in total. The number of thiazole rings is 1. The van der Waals surface area contributed by atoms with Crippen LogP contribution in [-0.4, -0.2) is 40.1 Å². The Labute approximate surface area is 110 Å². The number of hydrogen-bond donors (Lipinski definition) is 2. The lowest BCUT2D eigenvalue weighted by atomic mass is 10.1. The van der Waals surface area contributed by atoms with Crippen LogP contribution in [0.5, 0.6) is 0 Å². The monoisotopic (exact) mass is 271 g/mol. The molecule has 7 heteroatoms. The predicted octanol–water partition coefficient (Wildman–Crippen LogP) is 1.39. The number of carbonyl (C=O) groups excluding carboxylic acids is 1. The first-order valence-corrected chi connectivity index (χ1v) is 6.42. The van der Waals surface area contributed by atoms with Gasteiger partial charge in [-0.3, -0.25) is 0 Å². The van der Waals surface area contributed by atoms with E-state index in [0.29, 0.717) is 6.54 Å². The maximum Gasteiger partial charge on any atom is 0.326 e. The Morgan fingerprint density at radius 2 is 2.22 bits per heavy atom. The largest absolute Gasteiger partial charge is 0.480 e. The Hall–Kier alpha value is -1.63. The summed E-state index contributed by atoms with van der Waals surface area (Å²) in [4.78, 5) is 28.3. The molecular weight excluding hydrogens is 254 g/mol. The SMILES string of the molecule is CC(C)C(NC(=O)N(C)Cc1nccs1)C(=O)O. The van der Waals surface area contributed by atoms with Gasteiger partial charge in [0.05, 0.1) is 6.54 Å². The van der Waals surface area contributed by atoms with Gasteiger partial charge in [-0.25, -0.2) is 14.6 Å². The highest BCUT2D eigenvalue weighted by molar-refractivity contribution is 7.09. The predicted molar refractivity (Wildman–Crippen MR) is 68.4 cm³/mol. The standard InChI is InChI=1S/C11H17N3O3S/c1-7(2)9(10(15)16)13-11(17)14(3)6-8-12-4-5-18-8/h4-5,7,9H,6H2,1-3H3,(H,13,17)(H,15,16). The Morgan fingerprint density at radius 1 is 1.56 bits per heavy atom. The number of carbonyl (C=O) groups is 2. The maximum atomic E-state index is 11.8. The van der Waals surface area contributed by atoms with Gasteiger partial charge in [0.1, 0.15) is 11.0 Å². The molecule has 0 radical (unpaired) electrons. The average Bonchev–Trinajstić information content (AvgIpc) is 2.77. The van der Waals surface area contributed by atoms with E-state index in [4.69, 9.17) is 5.11 Å². The van der Waals surface area contributed by atoms with E-state index in [2.05, 4.69) is 10.3 Å². The second-order valence-corrected chi connectivity index (χ2v) is 5.27. The van der Waals surface area contributed by atoms with E-state index in [1.807, 2.05) is 5.38 Å². The Balaban J connectivity index is 2.56. The number of carboxylic acids is 1. The summed E-state index contributed by atoms with van der Waals surface area (Å²) in [7, 11) is 1.61. The zero-order valence-electron chi connectivity index (χ0n) is 10.6. The van der Waals surface area contributed by atoms with Gasteiger partial charge in [-0.05, 0) is 5.92 Å². The molecular formula is C11H17N3O3S. The highest BCUT2D eigenvalue weighted by atomic mass is 32.1. The molecule has 2 amide bonds. The molecule has 0 fully saturated rings. The van der Waals surface area contributed by atoms with Crippen molar-refractivity contribution in [2.75, 3.05) is 7.05 Å². The van der Waals surface area contributed by atoms with Crippen LogP contribution in [0.25, 0.3) is 0 Å². The second-order valence-electron chi connectivity index (χ2n) is 4.29. The van der Waals surface area contributed by atoms with E-state index in [9.17, 15) is 9.59 Å². The van der Waals surface area contributed by atoms with Crippen LogP contribution in [0.2, 0.25) is 0 Å². The summed E-state index contributed by atoms with van der Waals surface area (Å²) < 4.78 is 0. The lowest BCUT2D eigenvalue weighted by Crippen LogP contribution is -2.48. The van der Waals surface area contributed by atoms with Gasteiger partial charge < -0.3 is 15.3 Å². The molecule has 0 bridgehead atoms. The van der Waals surface area contributed by atoms with Crippen molar-refractivity contribution in [3.63, 3.8) is 0 Å². The highest BCUT2D eigenvalue weighted by Crippen LogP contribution is 2.08. The van der Waals surface area contributed by atoms with Gasteiger partial charge in [-0.15, -0.1) is 11.3 Å². The molecule has 0 spiro atoms. The van der Waals surface area contributed by atoms with Crippen LogP contribution in [0, 0.1) is 5.92 Å². The Morgan fingerprint density at radius 3 is 2.67 bits per heavy atom. The summed E-state index contributed by atoms with van der Waals surface area (Å²) in [6.45, 7) is 3.87. The van der Waals surface area contributed by atoms with Crippen molar-refractivity contribution in [3.05, 3.63) is 16.6 Å². The lowest BCUT2D eigenvalue weighted by molar-refractivity contribution is -0.140. The minimum absolute atomic E-state index is 0.167. The average molecular weight is 271 g/mol. The van der Waals surface area contributed by atoms with Crippen LogP contribution >= 0.6 is 11.3 Å². The minimum atomic E-state index is -1.03. The van der Waals surface area contributed by atoms with Gasteiger partial charge in [0.25, 0.3) is 0 Å². The van der Waals surface area contributed by atoms with Crippen molar-refractivity contribution < 1.29 is 14.7 Å². The van der Waals surface area contributed by atoms with Crippen molar-refractivity contribution in [2.24, 2.45) is 5.92 Å². The highest BCUT2D eigenvalue weighted by Gasteiger charge is 2.24. The number of amides is 2. The fourth-order valence-electron chi connectivity index (χ4n) is 1.36. The van der Waals surface area contributed by atoms with Crippen LogP contribution in [-0.2, 0) is 11.3 Å². The van der Waals surface area contributed by atoms with Gasteiger partial charge >= 0.3 is 12.0 Å². The van der Waals surface area contributed by atoms with Gasteiger partial charge in [0, 0.05) is 18.6 Å². The molecule has 0 saturated carbocycles. The number of carboxylic acid groups (broad SMARTS) is 1. The Bertz CT molecular complexity index is 406. The number of nitrogens with zero attached hydrogens (tertiary/aromatic N) is 2. The van der Waals surface area contributed by atoms with Crippen molar-refractivity contribution in [1.29, 1.82) is 0 Å². The molecule has 1 unspecified atom stereocenters. The summed E-state index contributed by atoms with van der Waals surface area (Å²) >= 11 is 1.45. The topological polar surface area (TPSA) is 82.5 Å². The zero-order valence-corrected chi connectivity index (χ0v) is 11.4. The molecule has 0 aromatic carbocycles. The molecule has 0 saturated heterocycles. The molecule has 100 valence electrons. The molecule has 0 aliphatic heterocycles. The zero-order chi connectivity index (χ0) is 13.7. The van der Waals surface area contributed by atoms with Crippen molar-refractivity contribution in [3.8, 4) is 0 Å². The number of nitrogens with one attached hydrogen (secondary N) is 1. The molecule has 0 aliphatic carbocycles. The molecule has 1 aromatic heterocycles. The number of aromatic nitrogens is 1. The van der Waals surface area contributed by atoms with Crippen LogP contribution in [0.4, 0.5) is 4.79 Å². The van der Waals surface area contributed by atoms with E-state index < -0.39 is 18.0 Å². The summed E-state index contributed by atoms with van der Waals surface area (Å²) in [5.74, 6) is -1.19. The summed E-state index contributed by atoms with van der Waals surface area (Å²) in [6.07, 6.45) is 1.67. The molecule has 1 rings (SSSR count). The molecule has 18 heavy (non-hydrogen) atoms. The molecule has 0 aliphatic rings. The normalized spacial score (nSPS) is 12.2. The van der Waals surface area contributed by atoms with Gasteiger partial charge in [0.2, 0.25) is 0 Å². The first-order chi connectivity index (χ1) is 8.41. The minimum Gasteiger partial charge on any atom is -0.480 e. The van der Waals surface area contributed by atoms with Gasteiger partial charge in [0.15, 0.2) is 0 Å². The third-order valence-corrected chi connectivity index (χ3v) is 3.18. The quantitative estimate of drug-likeness (QED) is 0.848. The van der Waals surface area contributed by atoms with E-state index in [0.717, 1.165) is 5.01 Å². The van der Waals surface area contributed by atoms with E-state index in [-0.39, 0.29) is 5.92 Å². The summed E-state index contributed by atoms with van der Waals surface area (Å²) in [5.41, 5.74) is 0. The van der Waals surface area contributed by atoms with Gasteiger partial charge in [-0.1, -0.05) is 13.8 Å². The molecule has 1 atom stereocenters. The fourth-order valence-corrected chi connectivity index (χ4v) is 2.03. The molecule has 1 heterocycles. The number of aliphatic carboxylic acids is 1. The maximum absolute atomic E-state index is 11.8. The van der Waals surface area contributed by atoms with E-state index in [1.165, 1.54) is 16.2 Å². The lowest BCUT2D eigenvalue weighted by Gasteiger charge is -2.22. The van der Waals surface area contributed by atoms with Crippen molar-refractivity contribution in [1.82, 2.24) is 15.2 Å². The van der Waals surface area contributed by atoms with Gasteiger partial charge in [-0.2, -0.15) is 0 Å². The third-order valence-electron chi connectivity index (χ3n) is 2.41. The van der Waals surface area contributed by atoms with Crippen LogP contribution < -0.4 is 5.32 Å². The molecule has 1 aromatic rings. The van der Waals surface area contributed by atoms with Crippen LogP contribution in [0.15, 0.2) is 11.6 Å². The Kier molecular flexibility index (Phi) is 5.08. The molecule has 6 nitrogen and oxygen atoms in total. The van der Waals surface area contributed by atoms with Crippen molar-refractivity contribution >= 4 is 23.3 Å². The second kappa shape index (κ2) is 6.34.